The molecule has 1 heterocycles. The number of nitrogens with one attached hydrogen (secondary N) is 1. The molecule has 14 heavy (non-hydrogen) atoms. The Morgan fingerprint density at radius 2 is 2.07 bits per heavy atom. The second-order valence-corrected chi connectivity index (χ2v) is 3.81. The molecule has 1 heteroatoms. The third-order valence-corrected chi connectivity index (χ3v) is 2.68. The molecule has 0 atom stereocenters. The van der Waals surface area contributed by atoms with E-state index >= 15 is 0 Å². The molecule has 0 spiro atoms. The molecule has 0 aromatic heterocycles. The lowest BCUT2D eigenvalue weighted by atomic mass is 10.1. The summed E-state index contributed by atoms with van der Waals surface area (Å²) in [5.74, 6) is 0. The van der Waals surface area contributed by atoms with Gasteiger partial charge in [0.05, 0.1) is 0 Å². The van der Waals surface area contributed by atoms with E-state index in [0.717, 1.165) is 13.1 Å². The Labute approximate surface area is 85.8 Å². The summed E-state index contributed by atoms with van der Waals surface area (Å²) in [5.41, 5.74) is 3.02. The van der Waals surface area contributed by atoms with Crippen molar-refractivity contribution in [3.63, 3.8) is 0 Å². The lowest BCUT2D eigenvalue weighted by molar-refractivity contribution is 0.862. The van der Waals surface area contributed by atoms with Gasteiger partial charge in [0.1, 0.15) is 0 Å². The molecular formula is C13H17N. The van der Waals surface area contributed by atoms with Gasteiger partial charge in [-0.2, -0.15) is 0 Å². The molecule has 74 valence electrons. The van der Waals surface area contributed by atoms with E-state index in [1.54, 1.807) is 5.57 Å². The van der Waals surface area contributed by atoms with E-state index in [9.17, 15) is 0 Å². The molecule has 1 aromatic carbocycles. The number of benzene rings is 1. The van der Waals surface area contributed by atoms with Crippen LogP contribution in [0.5, 0.6) is 0 Å². The van der Waals surface area contributed by atoms with E-state index in [-0.39, 0.29) is 0 Å². The first-order chi connectivity index (χ1) is 6.95. The van der Waals surface area contributed by atoms with E-state index in [2.05, 4.69) is 41.7 Å². The summed E-state index contributed by atoms with van der Waals surface area (Å²) in [6, 6.07) is 10.7. The first-order valence-electron chi connectivity index (χ1n) is 5.38. The fourth-order valence-electron chi connectivity index (χ4n) is 1.85. The van der Waals surface area contributed by atoms with Crippen LogP contribution in [0.25, 0.3) is 0 Å². The van der Waals surface area contributed by atoms with Crippen molar-refractivity contribution in [3.8, 4) is 0 Å². The minimum Gasteiger partial charge on any atom is -0.313 e. The summed E-state index contributed by atoms with van der Waals surface area (Å²) in [7, 11) is 0. The van der Waals surface area contributed by atoms with Crippen molar-refractivity contribution >= 4 is 0 Å². The normalized spacial score (nSPS) is 19.0. The van der Waals surface area contributed by atoms with Crippen molar-refractivity contribution in [2.45, 2.75) is 19.3 Å². The quantitative estimate of drug-likeness (QED) is 0.717. The highest BCUT2D eigenvalue weighted by Crippen LogP contribution is 2.09. The summed E-state index contributed by atoms with van der Waals surface area (Å²) in [4.78, 5) is 0. The first kappa shape index (κ1) is 9.47. The second-order valence-electron chi connectivity index (χ2n) is 3.81. The number of hydrogen-bond acceptors (Lipinski definition) is 1. The summed E-state index contributed by atoms with van der Waals surface area (Å²) in [5, 5.41) is 3.35. The van der Waals surface area contributed by atoms with Crippen molar-refractivity contribution in [2.24, 2.45) is 0 Å². The Bertz CT molecular complexity index is 292. The van der Waals surface area contributed by atoms with Gasteiger partial charge in [-0.05, 0) is 31.4 Å². The molecule has 0 aliphatic carbocycles. The molecule has 1 aliphatic heterocycles. The van der Waals surface area contributed by atoms with Crippen molar-refractivity contribution in [3.05, 3.63) is 47.5 Å². The van der Waals surface area contributed by atoms with Gasteiger partial charge in [0.2, 0.25) is 0 Å². The van der Waals surface area contributed by atoms with Gasteiger partial charge in [0, 0.05) is 6.54 Å². The minimum absolute atomic E-state index is 1.11. The fraction of sp³-hybridized carbons (Fsp3) is 0.385. The topological polar surface area (TPSA) is 12.0 Å². The van der Waals surface area contributed by atoms with Gasteiger partial charge in [-0.1, -0.05) is 42.0 Å². The zero-order valence-corrected chi connectivity index (χ0v) is 8.50. The van der Waals surface area contributed by atoms with Crippen LogP contribution in [0.3, 0.4) is 0 Å². The number of allylic oxidation sites excluding steroid dienone is 1. The average Bonchev–Trinajstić information content (AvgIpc) is 2.72. The lowest BCUT2D eigenvalue weighted by Crippen LogP contribution is -2.04. The highest BCUT2D eigenvalue weighted by atomic mass is 14.9. The molecule has 0 bridgehead atoms. The number of hydrogen-bond donors (Lipinski definition) is 1. The van der Waals surface area contributed by atoms with Crippen LogP contribution in [-0.2, 0) is 6.42 Å². The standard InChI is InChI=1S/C13H17N/c1-2-5-12(6-3-1)7-4-8-13-9-10-14-11-13/h1-3,5-6,8,14H,4,7,9-11H2. The van der Waals surface area contributed by atoms with Gasteiger partial charge >= 0.3 is 0 Å². The molecule has 0 amide bonds. The maximum atomic E-state index is 3.35. The number of rotatable bonds is 3. The Morgan fingerprint density at radius 3 is 2.79 bits per heavy atom. The first-order valence-corrected chi connectivity index (χ1v) is 5.38. The van der Waals surface area contributed by atoms with Crippen molar-refractivity contribution < 1.29 is 0 Å². The molecule has 0 saturated carbocycles. The third kappa shape index (κ3) is 2.71. The van der Waals surface area contributed by atoms with E-state index in [4.69, 9.17) is 0 Å². The van der Waals surface area contributed by atoms with Crippen molar-refractivity contribution in [2.75, 3.05) is 13.1 Å². The molecule has 1 aromatic rings. The molecule has 0 radical (unpaired) electrons. The molecule has 1 saturated heterocycles. The van der Waals surface area contributed by atoms with Gasteiger partial charge in [-0.25, -0.2) is 0 Å². The smallest absolute Gasteiger partial charge is 0.0165 e. The van der Waals surface area contributed by atoms with Gasteiger partial charge in [0.25, 0.3) is 0 Å². The molecule has 1 nitrogen and oxygen atoms in total. The van der Waals surface area contributed by atoms with Crippen LogP contribution in [0.2, 0.25) is 0 Å². The van der Waals surface area contributed by atoms with Gasteiger partial charge in [-0.3, -0.25) is 0 Å². The monoisotopic (exact) mass is 187 g/mol. The van der Waals surface area contributed by atoms with Crippen LogP contribution in [0, 0.1) is 0 Å². The van der Waals surface area contributed by atoms with E-state index < -0.39 is 0 Å². The average molecular weight is 187 g/mol. The van der Waals surface area contributed by atoms with Gasteiger partial charge in [0.15, 0.2) is 0 Å². The lowest BCUT2D eigenvalue weighted by Gasteiger charge is -1.98. The highest BCUT2D eigenvalue weighted by Gasteiger charge is 2.03. The number of aryl methyl sites for hydroxylation is 1. The Balaban J connectivity index is 1.80. The van der Waals surface area contributed by atoms with Crippen LogP contribution in [-0.4, -0.2) is 13.1 Å². The Hall–Kier alpha value is -1.08. The maximum Gasteiger partial charge on any atom is 0.0165 e. The van der Waals surface area contributed by atoms with Crippen LogP contribution < -0.4 is 5.32 Å². The van der Waals surface area contributed by atoms with E-state index in [1.807, 2.05) is 0 Å². The molecule has 0 unspecified atom stereocenters. The third-order valence-electron chi connectivity index (χ3n) is 2.68. The van der Waals surface area contributed by atoms with E-state index in [0.29, 0.717) is 0 Å². The Kier molecular flexibility index (Phi) is 3.36. The maximum absolute atomic E-state index is 3.35. The van der Waals surface area contributed by atoms with Crippen LogP contribution >= 0.6 is 0 Å². The molecular weight excluding hydrogens is 170 g/mol. The summed E-state index contributed by atoms with van der Waals surface area (Å²) >= 11 is 0. The van der Waals surface area contributed by atoms with Crippen LogP contribution in [0.1, 0.15) is 18.4 Å². The van der Waals surface area contributed by atoms with Crippen molar-refractivity contribution in [1.29, 1.82) is 0 Å². The molecule has 1 N–H and O–H groups in total. The predicted molar refractivity (Wildman–Crippen MR) is 60.3 cm³/mol. The van der Waals surface area contributed by atoms with Gasteiger partial charge in [-0.15, -0.1) is 0 Å². The van der Waals surface area contributed by atoms with E-state index in [1.165, 1.54) is 24.8 Å². The largest absolute Gasteiger partial charge is 0.313 e. The summed E-state index contributed by atoms with van der Waals surface area (Å²) < 4.78 is 0. The zero-order valence-electron chi connectivity index (χ0n) is 8.50. The predicted octanol–water partition coefficient (Wildman–Crippen LogP) is 2.54. The highest BCUT2D eigenvalue weighted by molar-refractivity contribution is 5.16. The summed E-state index contributed by atoms with van der Waals surface area (Å²) in [6.45, 7) is 2.27. The fourth-order valence-corrected chi connectivity index (χ4v) is 1.85. The van der Waals surface area contributed by atoms with Crippen LogP contribution in [0.15, 0.2) is 42.0 Å². The second kappa shape index (κ2) is 4.97. The SMILES string of the molecule is C(CCc1ccccc1)=C1CCNC1. The van der Waals surface area contributed by atoms with Crippen LogP contribution in [0.4, 0.5) is 0 Å². The van der Waals surface area contributed by atoms with Crippen molar-refractivity contribution in [1.82, 2.24) is 5.32 Å². The molecule has 1 fully saturated rings. The minimum atomic E-state index is 1.11. The zero-order chi connectivity index (χ0) is 9.64. The summed E-state index contributed by atoms with van der Waals surface area (Å²) in [6.07, 6.45) is 5.99. The Morgan fingerprint density at radius 1 is 1.21 bits per heavy atom. The molecule has 2 rings (SSSR count). The molecule has 1 aliphatic rings. The van der Waals surface area contributed by atoms with Gasteiger partial charge < -0.3 is 5.32 Å².